The number of nitrogens with zero attached hydrogens (tertiary/aromatic N) is 1. The van der Waals surface area contributed by atoms with Gasteiger partial charge in [0.05, 0.1) is 0 Å². The highest BCUT2D eigenvalue weighted by atomic mass is 16.5. The van der Waals surface area contributed by atoms with E-state index in [0.29, 0.717) is 12.3 Å². The molecule has 2 rings (SSSR count). The van der Waals surface area contributed by atoms with E-state index in [-0.39, 0.29) is 11.6 Å². The van der Waals surface area contributed by atoms with Gasteiger partial charge in [0.15, 0.2) is 11.5 Å². The zero-order chi connectivity index (χ0) is 13.0. The summed E-state index contributed by atoms with van der Waals surface area (Å²) in [6.45, 7) is 6.00. The Bertz CT molecular complexity index is 558. The normalized spacial score (nSPS) is 10.1. The van der Waals surface area contributed by atoms with Crippen molar-refractivity contribution in [2.45, 2.75) is 6.92 Å². The van der Waals surface area contributed by atoms with Crippen LogP contribution in [-0.2, 0) is 0 Å². The van der Waals surface area contributed by atoms with Gasteiger partial charge in [-0.25, -0.2) is 0 Å². The first-order valence-electron chi connectivity index (χ1n) is 5.61. The summed E-state index contributed by atoms with van der Waals surface area (Å²) in [6.07, 6.45) is 0. The van der Waals surface area contributed by atoms with E-state index in [9.17, 15) is 4.79 Å². The lowest BCUT2D eigenvalue weighted by atomic mass is 10.1. The lowest BCUT2D eigenvalue weighted by molar-refractivity contribution is 0.0948. The molecule has 0 radical (unpaired) electrons. The van der Waals surface area contributed by atoms with Gasteiger partial charge in [-0.15, -0.1) is 0 Å². The van der Waals surface area contributed by atoms with Gasteiger partial charge in [0.25, 0.3) is 5.91 Å². The number of hydrogen-bond acceptors (Lipinski definition) is 3. The number of carbonyl (C=O) groups is 1. The highest BCUT2D eigenvalue weighted by Gasteiger charge is 2.12. The molecule has 1 N–H and O–H groups in total. The third kappa shape index (κ3) is 2.85. The number of benzene rings is 1. The minimum atomic E-state index is -0.260. The average molecular weight is 242 g/mol. The molecule has 0 aliphatic rings. The predicted octanol–water partition coefficient (Wildman–Crippen LogP) is 2.65. The highest BCUT2D eigenvalue weighted by molar-refractivity contribution is 5.93. The molecule has 4 heteroatoms. The van der Waals surface area contributed by atoms with Gasteiger partial charge in [-0.2, -0.15) is 0 Å². The fraction of sp³-hybridized carbons (Fsp3) is 0.143. The molecule has 1 aromatic carbocycles. The van der Waals surface area contributed by atoms with Crippen molar-refractivity contribution in [2.75, 3.05) is 6.54 Å². The Hall–Kier alpha value is -2.36. The zero-order valence-corrected chi connectivity index (χ0v) is 10.1. The Labute approximate surface area is 105 Å². The van der Waals surface area contributed by atoms with Crippen LogP contribution in [0.3, 0.4) is 0 Å². The maximum Gasteiger partial charge on any atom is 0.273 e. The van der Waals surface area contributed by atoms with Crippen molar-refractivity contribution in [3.05, 3.63) is 54.2 Å². The van der Waals surface area contributed by atoms with Gasteiger partial charge in [0.2, 0.25) is 0 Å². The Balaban J connectivity index is 2.11. The molecule has 0 saturated heterocycles. The molecule has 1 aromatic heterocycles. The molecule has 0 aliphatic carbocycles. The molecule has 0 aliphatic heterocycles. The smallest absolute Gasteiger partial charge is 0.273 e. The summed E-state index contributed by atoms with van der Waals surface area (Å²) < 4.78 is 5.15. The van der Waals surface area contributed by atoms with E-state index >= 15 is 0 Å². The summed E-state index contributed by atoms with van der Waals surface area (Å²) in [5.74, 6) is 0.319. The standard InChI is InChI=1S/C14H14N2O2/c1-10(2)9-15-14(17)12-8-13(18-16-12)11-6-4-3-5-7-11/h3-8H,1,9H2,2H3,(H,15,17). The van der Waals surface area contributed by atoms with Crippen molar-refractivity contribution in [2.24, 2.45) is 0 Å². The van der Waals surface area contributed by atoms with E-state index in [1.165, 1.54) is 0 Å². The zero-order valence-electron chi connectivity index (χ0n) is 10.1. The Morgan fingerprint density at radius 2 is 2.11 bits per heavy atom. The maximum atomic E-state index is 11.7. The van der Waals surface area contributed by atoms with Crippen molar-refractivity contribution in [3.8, 4) is 11.3 Å². The van der Waals surface area contributed by atoms with E-state index in [0.717, 1.165) is 11.1 Å². The van der Waals surface area contributed by atoms with Gasteiger partial charge >= 0.3 is 0 Å². The van der Waals surface area contributed by atoms with Crippen LogP contribution in [0.5, 0.6) is 0 Å². The molecule has 1 heterocycles. The van der Waals surface area contributed by atoms with Gasteiger partial charge in [-0.3, -0.25) is 4.79 Å². The summed E-state index contributed by atoms with van der Waals surface area (Å²) >= 11 is 0. The second-order valence-electron chi connectivity index (χ2n) is 4.08. The Morgan fingerprint density at radius 3 is 2.78 bits per heavy atom. The fourth-order valence-corrected chi connectivity index (χ4v) is 1.44. The molecule has 0 saturated carbocycles. The molecule has 92 valence electrons. The highest BCUT2D eigenvalue weighted by Crippen LogP contribution is 2.19. The second-order valence-corrected chi connectivity index (χ2v) is 4.08. The van der Waals surface area contributed by atoms with Crippen LogP contribution in [0.1, 0.15) is 17.4 Å². The molecule has 18 heavy (non-hydrogen) atoms. The number of carbonyl (C=O) groups excluding carboxylic acids is 1. The molecule has 0 unspecified atom stereocenters. The Morgan fingerprint density at radius 1 is 1.39 bits per heavy atom. The van der Waals surface area contributed by atoms with E-state index in [4.69, 9.17) is 4.52 Å². The third-order valence-corrected chi connectivity index (χ3v) is 2.35. The SMILES string of the molecule is C=C(C)CNC(=O)c1cc(-c2ccccc2)on1. The van der Waals surface area contributed by atoms with Gasteiger partial charge < -0.3 is 9.84 Å². The van der Waals surface area contributed by atoms with Gasteiger partial charge in [0, 0.05) is 18.2 Å². The molecule has 2 aromatic rings. The van der Waals surface area contributed by atoms with Crippen LogP contribution in [-0.4, -0.2) is 17.6 Å². The molecule has 4 nitrogen and oxygen atoms in total. The molecule has 0 atom stereocenters. The average Bonchev–Trinajstić information content (AvgIpc) is 2.86. The van der Waals surface area contributed by atoms with Crippen LogP contribution >= 0.6 is 0 Å². The minimum absolute atomic E-state index is 0.260. The van der Waals surface area contributed by atoms with Crippen molar-refractivity contribution >= 4 is 5.91 Å². The van der Waals surface area contributed by atoms with Crippen LogP contribution in [0, 0.1) is 0 Å². The topological polar surface area (TPSA) is 55.1 Å². The van der Waals surface area contributed by atoms with Crippen molar-refractivity contribution in [1.82, 2.24) is 10.5 Å². The third-order valence-electron chi connectivity index (χ3n) is 2.35. The molecular formula is C14H14N2O2. The monoisotopic (exact) mass is 242 g/mol. The molecule has 1 amide bonds. The van der Waals surface area contributed by atoms with Gasteiger partial charge in [-0.1, -0.05) is 47.6 Å². The molecule has 0 bridgehead atoms. The first kappa shape index (κ1) is 12.1. The second kappa shape index (κ2) is 5.31. The summed E-state index contributed by atoms with van der Waals surface area (Å²) in [5, 5.41) is 6.46. The van der Waals surface area contributed by atoms with Crippen LogP contribution in [0.15, 0.2) is 53.1 Å². The number of aromatic nitrogens is 1. The Kier molecular flexibility index (Phi) is 3.57. The summed E-state index contributed by atoms with van der Waals surface area (Å²) in [6, 6.07) is 11.1. The first-order valence-corrected chi connectivity index (χ1v) is 5.61. The van der Waals surface area contributed by atoms with Gasteiger partial charge in [0.1, 0.15) is 0 Å². The van der Waals surface area contributed by atoms with Crippen LogP contribution in [0.2, 0.25) is 0 Å². The van der Waals surface area contributed by atoms with E-state index in [2.05, 4.69) is 17.1 Å². The molecule has 0 fully saturated rings. The number of amides is 1. The molecular weight excluding hydrogens is 228 g/mol. The lowest BCUT2D eigenvalue weighted by Crippen LogP contribution is -2.25. The fourth-order valence-electron chi connectivity index (χ4n) is 1.44. The van der Waals surface area contributed by atoms with E-state index in [1.54, 1.807) is 6.07 Å². The maximum absolute atomic E-state index is 11.7. The largest absolute Gasteiger partial charge is 0.355 e. The van der Waals surface area contributed by atoms with Crippen LogP contribution in [0.25, 0.3) is 11.3 Å². The van der Waals surface area contributed by atoms with Crippen molar-refractivity contribution in [1.29, 1.82) is 0 Å². The van der Waals surface area contributed by atoms with Gasteiger partial charge in [-0.05, 0) is 6.92 Å². The van der Waals surface area contributed by atoms with Crippen molar-refractivity contribution in [3.63, 3.8) is 0 Å². The van der Waals surface area contributed by atoms with E-state index < -0.39 is 0 Å². The lowest BCUT2D eigenvalue weighted by Gasteiger charge is -2.00. The quantitative estimate of drug-likeness (QED) is 0.838. The summed E-state index contributed by atoms with van der Waals surface area (Å²) in [5.41, 5.74) is 2.05. The minimum Gasteiger partial charge on any atom is -0.355 e. The number of rotatable bonds is 4. The predicted molar refractivity (Wildman–Crippen MR) is 69.1 cm³/mol. The number of hydrogen-bond donors (Lipinski definition) is 1. The van der Waals surface area contributed by atoms with Crippen molar-refractivity contribution < 1.29 is 9.32 Å². The number of nitrogens with one attached hydrogen (secondary N) is 1. The summed E-state index contributed by atoms with van der Waals surface area (Å²) in [7, 11) is 0. The molecule has 0 spiro atoms. The van der Waals surface area contributed by atoms with E-state index in [1.807, 2.05) is 37.3 Å². The van der Waals surface area contributed by atoms with Crippen LogP contribution in [0.4, 0.5) is 0 Å². The van der Waals surface area contributed by atoms with Crippen LogP contribution < -0.4 is 5.32 Å². The summed E-state index contributed by atoms with van der Waals surface area (Å²) in [4.78, 5) is 11.7. The first-order chi connectivity index (χ1) is 8.66.